The van der Waals surface area contributed by atoms with Crippen molar-refractivity contribution in [2.45, 2.75) is 38.0 Å². The van der Waals surface area contributed by atoms with Crippen LogP contribution in [-0.4, -0.2) is 54.4 Å². The van der Waals surface area contributed by atoms with Gasteiger partial charge in [0.05, 0.1) is 36.5 Å². The number of likely N-dealkylation sites (N-methyl/N-ethyl adjacent to an activating group) is 1. The third kappa shape index (κ3) is 3.86. The molecule has 1 aliphatic carbocycles. The average molecular weight is 410 g/mol. The smallest absolute Gasteiger partial charge is 0.254 e. The summed E-state index contributed by atoms with van der Waals surface area (Å²) in [4.78, 5) is 18.6. The Labute approximate surface area is 174 Å². The van der Waals surface area contributed by atoms with Crippen molar-refractivity contribution in [2.75, 3.05) is 25.2 Å². The summed E-state index contributed by atoms with van der Waals surface area (Å²) >= 11 is 0. The molecule has 1 aromatic heterocycles. The Balaban J connectivity index is 1.68. The highest BCUT2D eigenvalue weighted by atomic mass is 19.1. The molecular formula is C22H23FN4O3. The first-order valence-corrected chi connectivity index (χ1v) is 9.89. The van der Waals surface area contributed by atoms with Crippen LogP contribution in [0.4, 0.5) is 10.2 Å². The van der Waals surface area contributed by atoms with Crippen molar-refractivity contribution in [1.82, 2.24) is 10.3 Å². The number of nitrogens with one attached hydrogen (secondary N) is 1. The van der Waals surface area contributed by atoms with E-state index in [0.717, 1.165) is 12.8 Å². The second-order valence-electron chi connectivity index (χ2n) is 7.88. The lowest BCUT2D eigenvalue weighted by Crippen LogP contribution is -2.41. The zero-order valence-electron chi connectivity index (χ0n) is 16.9. The number of aliphatic hydroxyl groups excluding tert-OH is 1. The van der Waals surface area contributed by atoms with Crippen LogP contribution in [0.5, 0.6) is 0 Å². The van der Waals surface area contributed by atoms with E-state index in [9.17, 15) is 19.6 Å². The van der Waals surface area contributed by atoms with Gasteiger partial charge < -0.3 is 20.1 Å². The summed E-state index contributed by atoms with van der Waals surface area (Å²) in [5.41, 5.74) is 2.20. The SMILES string of the molecule is Cc1cc(F)c(C(=O)NC2CC2)cc1-c1cnc(N(C)[C@@H]2COC[C@H]2O)c(C#N)c1. The Bertz CT molecular complexity index is 1030. The fourth-order valence-corrected chi connectivity index (χ4v) is 3.68. The number of ether oxygens (including phenoxy) is 1. The predicted octanol–water partition coefficient (Wildman–Crippen LogP) is 2.16. The first-order valence-electron chi connectivity index (χ1n) is 9.89. The van der Waals surface area contributed by atoms with Crippen LogP contribution in [0, 0.1) is 24.1 Å². The first-order chi connectivity index (χ1) is 14.4. The number of hydrogen-bond donors (Lipinski definition) is 2. The molecule has 30 heavy (non-hydrogen) atoms. The summed E-state index contributed by atoms with van der Waals surface area (Å²) in [6.07, 6.45) is 2.77. The van der Waals surface area contributed by atoms with Crippen LogP contribution in [-0.2, 0) is 4.74 Å². The van der Waals surface area contributed by atoms with Gasteiger partial charge >= 0.3 is 0 Å². The van der Waals surface area contributed by atoms with Gasteiger partial charge in [-0.3, -0.25) is 4.79 Å². The molecule has 2 heterocycles. The van der Waals surface area contributed by atoms with Crippen molar-refractivity contribution in [1.29, 1.82) is 5.26 Å². The van der Waals surface area contributed by atoms with Crippen molar-refractivity contribution in [3.8, 4) is 17.2 Å². The van der Waals surface area contributed by atoms with Crippen LogP contribution in [0.25, 0.3) is 11.1 Å². The molecule has 2 atom stereocenters. The van der Waals surface area contributed by atoms with E-state index in [1.165, 1.54) is 12.1 Å². The van der Waals surface area contributed by atoms with Crippen LogP contribution >= 0.6 is 0 Å². The molecule has 0 spiro atoms. The molecule has 1 aromatic carbocycles. The number of hydrogen-bond acceptors (Lipinski definition) is 6. The zero-order chi connectivity index (χ0) is 21.4. The molecule has 8 heteroatoms. The predicted molar refractivity (Wildman–Crippen MR) is 109 cm³/mol. The Morgan fingerprint density at radius 3 is 2.77 bits per heavy atom. The summed E-state index contributed by atoms with van der Waals surface area (Å²) in [6.45, 7) is 2.34. The summed E-state index contributed by atoms with van der Waals surface area (Å²) in [7, 11) is 1.76. The van der Waals surface area contributed by atoms with Crippen molar-refractivity contribution < 1.29 is 19.0 Å². The molecule has 1 saturated carbocycles. The number of carbonyl (C=O) groups excluding carboxylic acids is 1. The molecule has 156 valence electrons. The van der Waals surface area contributed by atoms with Gasteiger partial charge in [-0.2, -0.15) is 5.26 Å². The molecule has 2 N–H and O–H groups in total. The van der Waals surface area contributed by atoms with Gasteiger partial charge in [-0.25, -0.2) is 9.37 Å². The number of amides is 1. The van der Waals surface area contributed by atoms with E-state index >= 15 is 0 Å². The van der Waals surface area contributed by atoms with Gasteiger partial charge in [-0.05, 0) is 49.1 Å². The molecule has 0 bridgehead atoms. The van der Waals surface area contributed by atoms with Gasteiger partial charge in [-0.1, -0.05) is 0 Å². The van der Waals surface area contributed by atoms with Crippen LogP contribution in [0.3, 0.4) is 0 Å². The largest absolute Gasteiger partial charge is 0.388 e. The lowest BCUT2D eigenvalue weighted by molar-refractivity contribution is 0.0947. The first kappa shape index (κ1) is 20.3. The van der Waals surface area contributed by atoms with Crippen molar-refractivity contribution in [3.05, 3.63) is 46.9 Å². The topological polar surface area (TPSA) is 98.5 Å². The van der Waals surface area contributed by atoms with Crippen molar-refractivity contribution >= 4 is 11.7 Å². The highest BCUT2D eigenvalue weighted by Crippen LogP contribution is 2.30. The number of aliphatic hydroxyl groups is 1. The number of aromatic nitrogens is 1. The molecule has 0 unspecified atom stereocenters. The Morgan fingerprint density at radius 2 is 2.13 bits per heavy atom. The number of anilines is 1. The van der Waals surface area contributed by atoms with Gasteiger partial charge in [0, 0.05) is 24.8 Å². The summed E-state index contributed by atoms with van der Waals surface area (Å²) in [5, 5.41) is 22.6. The maximum absolute atomic E-state index is 14.4. The van der Waals surface area contributed by atoms with Gasteiger partial charge in [0.1, 0.15) is 17.7 Å². The van der Waals surface area contributed by atoms with Crippen molar-refractivity contribution in [3.63, 3.8) is 0 Å². The van der Waals surface area contributed by atoms with Gasteiger partial charge in [0.2, 0.25) is 0 Å². The fourth-order valence-electron chi connectivity index (χ4n) is 3.68. The second kappa shape index (κ2) is 8.01. The number of benzene rings is 1. The molecule has 2 aromatic rings. The summed E-state index contributed by atoms with van der Waals surface area (Å²) in [5.74, 6) is -0.576. The molecular weight excluding hydrogens is 387 g/mol. The number of carbonyl (C=O) groups is 1. The Kier molecular flexibility index (Phi) is 5.41. The van der Waals surface area contributed by atoms with E-state index in [-0.39, 0.29) is 24.3 Å². The van der Waals surface area contributed by atoms with E-state index in [1.807, 2.05) is 0 Å². The highest BCUT2D eigenvalue weighted by molar-refractivity contribution is 5.96. The molecule has 0 radical (unpaired) electrons. The second-order valence-corrected chi connectivity index (χ2v) is 7.88. The van der Waals surface area contributed by atoms with Crippen LogP contribution < -0.4 is 10.2 Å². The molecule has 2 aliphatic rings. The molecule has 1 saturated heterocycles. The molecule has 1 amide bonds. The van der Waals surface area contributed by atoms with Gasteiger partial charge in [-0.15, -0.1) is 0 Å². The Hall–Kier alpha value is -3.02. The van der Waals surface area contributed by atoms with Crippen LogP contribution in [0.15, 0.2) is 24.4 Å². The Morgan fingerprint density at radius 1 is 1.37 bits per heavy atom. The monoisotopic (exact) mass is 410 g/mol. The molecule has 1 aliphatic heterocycles. The average Bonchev–Trinajstić information content (AvgIpc) is 3.44. The summed E-state index contributed by atoms with van der Waals surface area (Å²) in [6, 6.07) is 6.49. The van der Waals surface area contributed by atoms with Crippen LogP contribution in [0.1, 0.15) is 34.3 Å². The lowest BCUT2D eigenvalue weighted by Gasteiger charge is -2.27. The number of nitrogens with zero attached hydrogens (tertiary/aromatic N) is 3. The van der Waals surface area contributed by atoms with Crippen LogP contribution in [0.2, 0.25) is 0 Å². The zero-order valence-corrected chi connectivity index (χ0v) is 16.9. The maximum atomic E-state index is 14.4. The fraction of sp³-hybridized carbons (Fsp3) is 0.409. The number of rotatable bonds is 5. The minimum Gasteiger partial charge on any atom is -0.388 e. The quantitative estimate of drug-likeness (QED) is 0.784. The van der Waals surface area contributed by atoms with E-state index in [0.29, 0.717) is 34.7 Å². The van der Waals surface area contributed by atoms with E-state index in [1.54, 1.807) is 31.1 Å². The number of nitriles is 1. The highest BCUT2D eigenvalue weighted by Gasteiger charge is 2.32. The lowest BCUT2D eigenvalue weighted by atomic mass is 9.97. The summed E-state index contributed by atoms with van der Waals surface area (Å²) < 4.78 is 19.7. The third-order valence-corrected chi connectivity index (χ3v) is 5.62. The van der Waals surface area contributed by atoms with Gasteiger partial charge in [0.25, 0.3) is 5.91 Å². The van der Waals surface area contributed by atoms with Gasteiger partial charge in [0.15, 0.2) is 0 Å². The molecule has 4 rings (SSSR count). The van der Waals surface area contributed by atoms with E-state index in [2.05, 4.69) is 16.4 Å². The third-order valence-electron chi connectivity index (χ3n) is 5.62. The van der Waals surface area contributed by atoms with E-state index in [4.69, 9.17) is 4.74 Å². The maximum Gasteiger partial charge on any atom is 0.254 e. The van der Waals surface area contributed by atoms with E-state index < -0.39 is 17.8 Å². The number of pyridine rings is 1. The molecule has 2 fully saturated rings. The van der Waals surface area contributed by atoms with Crippen molar-refractivity contribution in [2.24, 2.45) is 0 Å². The molecule has 7 nitrogen and oxygen atoms in total. The standard InChI is InChI=1S/C22H23FN4O3/c1-12-5-18(23)17(22(29)26-15-3-4-15)7-16(12)14-6-13(8-24)21(25-9-14)27(2)19-10-30-11-20(19)28/h5-7,9,15,19-20,28H,3-4,10-11H2,1-2H3,(H,26,29)/t19-,20-/m1/s1. The minimum absolute atomic E-state index is 0.0200. The minimum atomic E-state index is -0.657. The number of aryl methyl sites for hydroxylation is 1. The number of halogens is 1. The normalized spacial score (nSPS) is 20.6.